The van der Waals surface area contributed by atoms with Crippen molar-refractivity contribution in [2.24, 2.45) is 0 Å². The molecule has 1 aromatic carbocycles. The summed E-state index contributed by atoms with van der Waals surface area (Å²) in [6, 6.07) is 4.13. The SMILES string of the molecule is CC(=O)NCCNC(=O)c1cc(O)ccc1Cl. The van der Waals surface area contributed by atoms with Gasteiger partial charge >= 0.3 is 0 Å². The first-order valence-corrected chi connectivity index (χ1v) is 5.39. The van der Waals surface area contributed by atoms with E-state index in [1.54, 1.807) is 0 Å². The zero-order valence-corrected chi connectivity index (χ0v) is 10.0. The second-order valence-electron chi connectivity index (χ2n) is 3.40. The van der Waals surface area contributed by atoms with Crippen LogP contribution in [0.4, 0.5) is 0 Å². The molecule has 1 rings (SSSR count). The van der Waals surface area contributed by atoms with E-state index in [0.717, 1.165) is 0 Å². The molecule has 5 nitrogen and oxygen atoms in total. The summed E-state index contributed by atoms with van der Waals surface area (Å²) in [6.45, 7) is 2.04. The van der Waals surface area contributed by atoms with Crippen LogP contribution in [0.1, 0.15) is 17.3 Å². The Labute approximate surface area is 104 Å². The molecule has 0 unspecified atom stereocenters. The average Bonchev–Trinajstić information content (AvgIpc) is 2.27. The maximum atomic E-state index is 11.6. The molecule has 0 aromatic heterocycles. The Morgan fingerprint density at radius 2 is 1.94 bits per heavy atom. The number of carbonyl (C=O) groups is 2. The molecule has 0 atom stereocenters. The Kier molecular flexibility index (Phi) is 4.78. The maximum Gasteiger partial charge on any atom is 0.252 e. The lowest BCUT2D eigenvalue weighted by atomic mass is 10.2. The smallest absolute Gasteiger partial charge is 0.252 e. The van der Waals surface area contributed by atoms with E-state index in [9.17, 15) is 14.7 Å². The van der Waals surface area contributed by atoms with E-state index in [-0.39, 0.29) is 22.2 Å². The van der Waals surface area contributed by atoms with Crippen molar-refractivity contribution >= 4 is 23.4 Å². The molecule has 0 saturated heterocycles. The molecule has 1 aromatic rings. The predicted octanol–water partition coefficient (Wildman–Crippen LogP) is 0.911. The minimum absolute atomic E-state index is 0.0265. The molecule has 0 spiro atoms. The van der Waals surface area contributed by atoms with Crippen LogP contribution in [0.15, 0.2) is 18.2 Å². The van der Waals surface area contributed by atoms with Gasteiger partial charge < -0.3 is 15.7 Å². The molecular formula is C11H13ClN2O3. The summed E-state index contributed by atoms with van der Waals surface area (Å²) in [6.07, 6.45) is 0. The number of carbonyl (C=O) groups excluding carboxylic acids is 2. The Hall–Kier alpha value is -1.75. The Morgan fingerprint density at radius 1 is 1.29 bits per heavy atom. The lowest BCUT2D eigenvalue weighted by molar-refractivity contribution is -0.118. The van der Waals surface area contributed by atoms with Crippen LogP contribution in [0, 0.1) is 0 Å². The number of phenols is 1. The summed E-state index contributed by atoms with van der Waals surface area (Å²) in [4.78, 5) is 22.2. The third kappa shape index (κ3) is 4.32. The quantitative estimate of drug-likeness (QED) is 0.701. The monoisotopic (exact) mass is 256 g/mol. The van der Waals surface area contributed by atoms with Crippen molar-refractivity contribution < 1.29 is 14.7 Å². The van der Waals surface area contributed by atoms with E-state index in [4.69, 9.17) is 11.6 Å². The van der Waals surface area contributed by atoms with Gasteiger partial charge in [0, 0.05) is 20.0 Å². The zero-order chi connectivity index (χ0) is 12.8. The number of benzene rings is 1. The molecule has 0 aliphatic rings. The zero-order valence-electron chi connectivity index (χ0n) is 9.29. The van der Waals surface area contributed by atoms with E-state index >= 15 is 0 Å². The van der Waals surface area contributed by atoms with Gasteiger partial charge in [0.15, 0.2) is 0 Å². The Bertz CT molecular complexity index is 435. The molecule has 92 valence electrons. The highest BCUT2D eigenvalue weighted by Gasteiger charge is 2.10. The van der Waals surface area contributed by atoms with Gasteiger partial charge in [-0.25, -0.2) is 0 Å². The van der Waals surface area contributed by atoms with Gasteiger partial charge in [0.25, 0.3) is 5.91 Å². The van der Waals surface area contributed by atoms with Gasteiger partial charge in [0.1, 0.15) is 5.75 Å². The van der Waals surface area contributed by atoms with Crippen molar-refractivity contribution in [3.8, 4) is 5.75 Å². The Morgan fingerprint density at radius 3 is 2.59 bits per heavy atom. The second-order valence-corrected chi connectivity index (χ2v) is 3.81. The van der Waals surface area contributed by atoms with Crippen molar-refractivity contribution in [1.29, 1.82) is 0 Å². The molecule has 0 radical (unpaired) electrons. The van der Waals surface area contributed by atoms with E-state index in [2.05, 4.69) is 10.6 Å². The van der Waals surface area contributed by atoms with Crippen LogP contribution in [-0.2, 0) is 4.79 Å². The highest BCUT2D eigenvalue weighted by molar-refractivity contribution is 6.33. The van der Waals surface area contributed by atoms with Crippen molar-refractivity contribution in [2.45, 2.75) is 6.92 Å². The van der Waals surface area contributed by atoms with Crippen molar-refractivity contribution in [1.82, 2.24) is 10.6 Å². The summed E-state index contributed by atoms with van der Waals surface area (Å²) in [5.41, 5.74) is 0.203. The first-order valence-electron chi connectivity index (χ1n) is 5.02. The number of halogens is 1. The summed E-state index contributed by atoms with van der Waals surface area (Å²) in [5.74, 6) is -0.577. The van der Waals surface area contributed by atoms with Crippen LogP contribution in [0.2, 0.25) is 5.02 Å². The fourth-order valence-corrected chi connectivity index (χ4v) is 1.40. The first kappa shape index (κ1) is 13.3. The van der Waals surface area contributed by atoms with Crippen LogP contribution in [0.25, 0.3) is 0 Å². The van der Waals surface area contributed by atoms with Gasteiger partial charge in [-0.15, -0.1) is 0 Å². The highest BCUT2D eigenvalue weighted by atomic mass is 35.5. The summed E-state index contributed by atoms with van der Waals surface area (Å²) in [7, 11) is 0. The molecule has 17 heavy (non-hydrogen) atoms. The number of phenolic OH excluding ortho intramolecular Hbond substituents is 1. The normalized spacial score (nSPS) is 9.76. The fourth-order valence-electron chi connectivity index (χ4n) is 1.20. The van der Waals surface area contributed by atoms with E-state index in [1.165, 1.54) is 25.1 Å². The first-order chi connectivity index (χ1) is 8.00. The lowest BCUT2D eigenvalue weighted by Crippen LogP contribution is -2.33. The average molecular weight is 257 g/mol. The van der Waals surface area contributed by atoms with Gasteiger partial charge in [0.2, 0.25) is 5.91 Å². The van der Waals surface area contributed by atoms with E-state index in [0.29, 0.717) is 13.1 Å². The van der Waals surface area contributed by atoms with Crippen LogP contribution in [0.3, 0.4) is 0 Å². The van der Waals surface area contributed by atoms with Crippen LogP contribution in [0.5, 0.6) is 5.75 Å². The number of aromatic hydroxyl groups is 1. The molecule has 6 heteroatoms. The van der Waals surface area contributed by atoms with Gasteiger partial charge in [-0.2, -0.15) is 0 Å². The molecule has 3 N–H and O–H groups in total. The molecular weight excluding hydrogens is 244 g/mol. The molecule has 0 bridgehead atoms. The number of amides is 2. The maximum absolute atomic E-state index is 11.6. The molecule has 0 heterocycles. The molecule has 0 aliphatic carbocycles. The van der Waals surface area contributed by atoms with Crippen molar-refractivity contribution in [3.05, 3.63) is 28.8 Å². The number of hydrogen-bond acceptors (Lipinski definition) is 3. The predicted molar refractivity (Wildman–Crippen MR) is 64.1 cm³/mol. The van der Waals surface area contributed by atoms with Crippen molar-refractivity contribution in [2.75, 3.05) is 13.1 Å². The molecule has 0 saturated carbocycles. The number of rotatable bonds is 4. The standard InChI is InChI=1S/C11H13ClN2O3/c1-7(15)13-4-5-14-11(17)9-6-8(16)2-3-10(9)12/h2-3,6,16H,4-5H2,1H3,(H,13,15)(H,14,17). The number of hydrogen-bond donors (Lipinski definition) is 3. The van der Waals surface area contributed by atoms with E-state index < -0.39 is 5.91 Å². The summed E-state index contributed by atoms with van der Waals surface area (Å²) in [5, 5.41) is 14.6. The second kappa shape index (κ2) is 6.10. The lowest BCUT2D eigenvalue weighted by Gasteiger charge is -2.07. The molecule has 0 fully saturated rings. The Balaban J connectivity index is 2.52. The minimum Gasteiger partial charge on any atom is -0.508 e. The number of nitrogens with one attached hydrogen (secondary N) is 2. The largest absolute Gasteiger partial charge is 0.508 e. The van der Waals surface area contributed by atoms with Gasteiger partial charge in [-0.05, 0) is 18.2 Å². The van der Waals surface area contributed by atoms with Gasteiger partial charge in [0.05, 0.1) is 10.6 Å². The van der Waals surface area contributed by atoms with Crippen LogP contribution >= 0.6 is 11.6 Å². The summed E-state index contributed by atoms with van der Waals surface area (Å²) >= 11 is 5.81. The fraction of sp³-hybridized carbons (Fsp3) is 0.273. The van der Waals surface area contributed by atoms with Crippen LogP contribution in [-0.4, -0.2) is 30.0 Å². The van der Waals surface area contributed by atoms with E-state index in [1.807, 2.05) is 0 Å². The third-order valence-electron chi connectivity index (χ3n) is 1.98. The highest BCUT2D eigenvalue weighted by Crippen LogP contribution is 2.20. The molecule has 2 amide bonds. The summed E-state index contributed by atoms with van der Waals surface area (Å²) < 4.78 is 0. The van der Waals surface area contributed by atoms with Crippen LogP contribution < -0.4 is 10.6 Å². The third-order valence-corrected chi connectivity index (χ3v) is 2.31. The topological polar surface area (TPSA) is 78.4 Å². The van der Waals surface area contributed by atoms with Crippen molar-refractivity contribution in [3.63, 3.8) is 0 Å². The molecule has 0 aliphatic heterocycles. The van der Waals surface area contributed by atoms with Gasteiger partial charge in [-0.1, -0.05) is 11.6 Å². The minimum atomic E-state index is -0.392. The van der Waals surface area contributed by atoms with Gasteiger partial charge in [-0.3, -0.25) is 9.59 Å².